The fourth-order valence-electron chi connectivity index (χ4n) is 3.00. The van der Waals surface area contributed by atoms with Crippen LogP contribution in [0.25, 0.3) is 0 Å². The van der Waals surface area contributed by atoms with Crippen LogP contribution in [0.3, 0.4) is 0 Å². The van der Waals surface area contributed by atoms with Gasteiger partial charge in [0.2, 0.25) is 5.91 Å². The lowest BCUT2D eigenvalue weighted by molar-refractivity contribution is -0.122. The highest BCUT2D eigenvalue weighted by atomic mass is 16.3. The highest BCUT2D eigenvalue weighted by molar-refractivity contribution is 5.76. The fraction of sp³-hybridized carbons (Fsp3) is 0.706. The predicted molar refractivity (Wildman–Crippen MR) is 80.5 cm³/mol. The van der Waals surface area contributed by atoms with Crippen molar-refractivity contribution in [1.82, 2.24) is 5.32 Å². The van der Waals surface area contributed by atoms with Crippen molar-refractivity contribution in [3.05, 3.63) is 23.2 Å². The molecule has 1 N–H and O–H groups in total. The van der Waals surface area contributed by atoms with E-state index in [9.17, 15) is 4.79 Å². The van der Waals surface area contributed by atoms with Gasteiger partial charge in [0.15, 0.2) is 0 Å². The van der Waals surface area contributed by atoms with Crippen LogP contribution in [-0.2, 0) is 11.2 Å². The molecule has 0 spiro atoms. The number of carbonyl (C=O) groups is 1. The summed E-state index contributed by atoms with van der Waals surface area (Å²) in [4.78, 5) is 12.1. The van der Waals surface area contributed by atoms with Gasteiger partial charge in [0, 0.05) is 18.4 Å². The van der Waals surface area contributed by atoms with Crippen LogP contribution in [0.2, 0.25) is 0 Å². The molecule has 1 atom stereocenters. The van der Waals surface area contributed by atoms with Crippen molar-refractivity contribution >= 4 is 5.91 Å². The molecule has 1 aromatic heterocycles. The van der Waals surface area contributed by atoms with Crippen molar-refractivity contribution in [2.24, 2.45) is 11.3 Å². The molecule has 1 aliphatic carbocycles. The Balaban J connectivity index is 2.09. The number of fused-ring (bicyclic) bond motifs is 1. The van der Waals surface area contributed by atoms with Gasteiger partial charge in [-0.1, -0.05) is 27.7 Å². The lowest BCUT2D eigenvalue weighted by Crippen LogP contribution is -2.36. The first-order valence-corrected chi connectivity index (χ1v) is 7.65. The molecule has 2 rings (SSSR count). The third-order valence-corrected chi connectivity index (χ3v) is 4.02. The number of hydrogen-bond donors (Lipinski definition) is 1. The van der Waals surface area contributed by atoms with Crippen LogP contribution < -0.4 is 5.32 Å². The van der Waals surface area contributed by atoms with Gasteiger partial charge >= 0.3 is 0 Å². The van der Waals surface area contributed by atoms with Gasteiger partial charge in [-0.3, -0.25) is 4.79 Å². The third-order valence-electron chi connectivity index (χ3n) is 4.02. The van der Waals surface area contributed by atoms with Crippen molar-refractivity contribution in [2.45, 2.75) is 66.3 Å². The molecule has 1 aromatic rings. The Bertz CT molecular complexity index is 485. The van der Waals surface area contributed by atoms with E-state index in [2.05, 4.69) is 39.1 Å². The lowest BCUT2D eigenvalue weighted by atomic mass is 9.74. The second-order valence-corrected chi connectivity index (χ2v) is 7.33. The Morgan fingerprint density at radius 3 is 2.85 bits per heavy atom. The minimum atomic E-state index is 0.103. The summed E-state index contributed by atoms with van der Waals surface area (Å²) in [7, 11) is 0. The first-order chi connectivity index (χ1) is 9.27. The monoisotopic (exact) mass is 277 g/mol. The van der Waals surface area contributed by atoms with Gasteiger partial charge in [0.05, 0.1) is 6.04 Å². The van der Waals surface area contributed by atoms with Gasteiger partial charge in [-0.25, -0.2) is 0 Å². The van der Waals surface area contributed by atoms with E-state index in [0.717, 1.165) is 30.8 Å². The molecule has 3 heteroatoms. The first-order valence-electron chi connectivity index (χ1n) is 7.65. The summed E-state index contributed by atoms with van der Waals surface area (Å²) in [6.45, 7) is 10.7. The summed E-state index contributed by atoms with van der Waals surface area (Å²) >= 11 is 0. The lowest BCUT2D eigenvalue weighted by Gasteiger charge is -2.34. The molecule has 0 saturated heterocycles. The maximum Gasteiger partial charge on any atom is 0.220 e. The Kier molecular flexibility index (Phi) is 4.26. The minimum Gasteiger partial charge on any atom is -0.466 e. The van der Waals surface area contributed by atoms with Gasteiger partial charge in [-0.15, -0.1) is 0 Å². The molecule has 0 bridgehead atoms. The van der Waals surface area contributed by atoms with Crippen LogP contribution >= 0.6 is 0 Å². The highest BCUT2D eigenvalue weighted by Gasteiger charge is 2.35. The van der Waals surface area contributed by atoms with E-state index in [1.807, 2.05) is 6.92 Å². The zero-order valence-electron chi connectivity index (χ0n) is 13.4. The number of amides is 1. The molecule has 1 amide bonds. The van der Waals surface area contributed by atoms with E-state index in [1.165, 1.54) is 5.56 Å². The first kappa shape index (κ1) is 15.1. The molecule has 0 aliphatic heterocycles. The zero-order chi connectivity index (χ0) is 14.9. The Hall–Kier alpha value is -1.25. The van der Waals surface area contributed by atoms with Crippen LogP contribution in [0.4, 0.5) is 0 Å². The summed E-state index contributed by atoms with van der Waals surface area (Å²) < 4.78 is 5.80. The average Bonchev–Trinajstić information content (AvgIpc) is 2.65. The molecule has 0 radical (unpaired) electrons. The summed E-state index contributed by atoms with van der Waals surface area (Å²) in [5.74, 6) is 2.71. The second kappa shape index (κ2) is 5.63. The largest absolute Gasteiger partial charge is 0.466 e. The number of nitrogens with one attached hydrogen (secondary N) is 1. The molecule has 1 heterocycles. The average molecular weight is 277 g/mol. The number of aryl methyl sites for hydroxylation is 1. The van der Waals surface area contributed by atoms with Crippen LogP contribution in [0.15, 0.2) is 10.5 Å². The van der Waals surface area contributed by atoms with Crippen LogP contribution in [-0.4, -0.2) is 5.91 Å². The Morgan fingerprint density at radius 2 is 2.20 bits per heavy atom. The molecule has 0 aromatic carbocycles. The van der Waals surface area contributed by atoms with Crippen molar-refractivity contribution in [1.29, 1.82) is 0 Å². The van der Waals surface area contributed by atoms with Crippen molar-refractivity contribution in [3.63, 3.8) is 0 Å². The van der Waals surface area contributed by atoms with Gasteiger partial charge in [0.1, 0.15) is 11.5 Å². The van der Waals surface area contributed by atoms with Crippen LogP contribution in [0.1, 0.15) is 70.1 Å². The maximum absolute atomic E-state index is 12.1. The van der Waals surface area contributed by atoms with Gasteiger partial charge in [0.25, 0.3) is 0 Å². The fourth-order valence-corrected chi connectivity index (χ4v) is 3.00. The summed E-state index contributed by atoms with van der Waals surface area (Å²) in [6, 6.07) is 2.18. The minimum absolute atomic E-state index is 0.103. The van der Waals surface area contributed by atoms with Crippen LogP contribution in [0, 0.1) is 18.3 Å². The van der Waals surface area contributed by atoms with Gasteiger partial charge in [-0.05, 0) is 37.2 Å². The third kappa shape index (κ3) is 3.65. The quantitative estimate of drug-likeness (QED) is 0.898. The molecule has 20 heavy (non-hydrogen) atoms. The SMILES string of the molecule is Cc1cc2c(o1)CC(C)(C)CC2NC(=O)CCC(C)C. The standard InChI is InChI=1S/C17H27NO2/c1-11(2)6-7-16(19)18-14-9-17(4,5)10-15-13(14)8-12(3)20-15/h8,11,14H,6-7,9-10H2,1-5H3,(H,18,19). The van der Waals surface area contributed by atoms with Crippen LogP contribution in [0.5, 0.6) is 0 Å². The molecule has 1 unspecified atom stereocenters. The summed E-state index contributed by atoms with van der Waals surface area (Å²) in [5, 5.41) is 3.20. The molecular weight excluding hydrogens is 250 g/mol. The van der Waals surface area contributed by atoms with Gasteiger partial charge < -0.3 is 9.73 Å². The van der Waals surface area contributed by atoms with Crippen molar-refractivity contribution in [2.75, 3.05) is 0 Å². The predicted octanol–water partition coefficient (Wildman–Crippen LogP) is 4.15. The zero-order valence-corrected chi connectivity index (χ0v) is 13.4. The topological polar surface area (TPSA) is 42.2 Å². The molecule has 0 fully saturated rings. The number of carbonyl (C=O) groups excluding carboxylic acids is 1. The van der Waals surface area contributed by atoms with E-state index >= 15 is 0 Å². The maximum atomic E-state index is 12.1. The van der Waals surface area contributed by atoms with E-state index < -0.39 is 0 Å². The second-order valence-electron chi connectivity index (χ2n) is 7.33. The van der Waals surface area contributed by atoms with E-state index in [0.29, 0.717) is 12.3 Å². The molecule has 112 valence electrons. The molecule has 0 saturated carbocycles. The van der Waals surface area contributed by atoms with E-state index in [4.69, 9.17) is 4.42 Å². The summed E-state index contributed by atoms with van der Waals surface area (Å²) in [5.41, 5.74) is 1.35. The smallest absolute Gasteiger partial charge is 0.220 e. The highest BCUT2D eigenvalue weighted by Crippen LogP contribution is 2.42. The number of hydrogen-bond acceptors (Lipinski definition) is 2. The number of furan rings is 1. The molecule has 1 aliphatic rings. The van der Waals surface area contributed by atoms with E-state index in [-0.39, 0.29) is 17.4 Å². The molecule has 3 nitrogen and oxygen atoms in total. The van der Waals surface area contributed by atoms with Crippen molar-refractivity contribution in [3.8, 4) is 0 Å². The van der Waals surface area contributed by atoms with Crippen molar-refractivity contribution < 1.29 is 9.21 Å². The van der Waals surface area contributed by atoms with E-state index in [1.54, 1.807) is 0 Å². The number of rotatable bonds is 4. The molecular formula is C17H27NO2. The summed E-state index contributed by atoms with van der Waals surface area (Å²) in [6.07, 6.45) is 3.49. The van der Waals surface area contributed by atoms with Gasteiger partial charge in [-0.2, -0.15) is 0 Å². The Labute approximate surface area is 122 Å². The normalized spacial score (nSPS) is 20.8. The Morgan fingerprint density at radius 1 is 1.50 bits per heavy atom.